The highest BCUT2D eigenvalue weighted by molar-refractivity contribution is 9.10. The number of aromatic amines is 1. The van der Waals surface area contributed by atoms with Crippen molar-refractivity contribution in [2.24, 2.45) is 0 Å². The van der Waals surface area contributed by atoms with Crippen LogP contribution in [0.25, 0.3) is 0 Å². The first-order valence-electron chi connectivity index (χ1n) is 2.66. The molecule has 10 heavy (non-hydrogen) atoms. The van der Waals surface area contributed by atoms with E-state index in [1.54, 1.807) is 7.11 Å². The third-order valence-electron chi connectivity index (χ3n) is 1.06. The molecule has 0 aromatic carbocycles. The fraction of sp³-hybridized carbons (Fsp3) is 0.167. The second-order valence-corrected chi connectivity index (χ2v) is 2.57. The Kier molecular flexibility index (Phi) is 2.11. The van der Waals surface area contributed by atoms with Gasteiger partial charge in [-0.1, -0.05) is 0 Å². The molecule has 0 fully saturated rings. The van der Waals surface area contributed by atoms with Crippen molar-refractivity contribution >= 4 is 15.9 Å². The molecule has 1 N–H and O–H groups in total. The molecule has 0 bridgehead atoms. The molecule has 0 saturated heterocycles. The van der Waals surface area contributed by atoms with Gasteiger partial charge in [0.1, 0.15) is 5.75 Å². The van der Waals surface area contributed by atoms with Gasteiger partial charge >= 0.3 is 0 Å². The maximum atomic E-state index is 10.6. The Morgan fingerprint density at radius 2 is 2.40 bits per heavy atom. The van der Waals surface area contributed by atoms with Crippen LogP contribution in [0.4, 0.5) is 0 Å². The summed E-state index contributed by atoms with van der Waals surface area (Å²) in [5.41, 5.74) is -0.146. The fourth-order valence-corrected chi connectivity index (χ4v) is 1.07. The Balaban J connectivity index is 3.19. The van der Waals surface area contributed by atoms with E-state index in [1.807, 2.05) is 0 Å². The maximum Gasteiger partial charge on any atom is 0.249 e. The normalized spacial score (nSPS) is 9.40. The van der Waals surface area contributed by atoms with Gasteiger partial charge in [-0.05, 0) is 15.9 Å². The molecule has 0 saturated carbocycles. The zero-order valence-electron chi connectivity index (χ0n) is 5.35. The number of hydrogen-bond donors (Lipinski definition) is 1. The van der Waals surface area contributed by atoms with Crippen LogP contribution in [0.15, 0.2) is 21.5 Å². The average Bonchev–Trinajstić information content (AvgIpc) is 1.88. The zero-order chi connectivity index (χ0) is 7.56. The predicted molar refractivity (Wildman–Crippen MR) is 41.3 cm³/mol. The lowest BCUT2D eigenvalue weighted by Crippen LogP contribution is -2.02. The van der Waals surface area contributed by atoms with E-state index in [0.29, 0.717) is 10.2 Å². The van der Waals surface area contributed by atoms with Crippen molar-refractivity contribution in [1.29, 1.82) is 0 Å². The fourth-order valence-electron chi connectivity index (χ4n) is 0.590. The highest BCUT2D eigenvalue weighted by Gasteiger charge is 1.97. The summed E-state index contributed by atoms with van der Waals surface area (Å²) in [5.74, 6) is 0.625. The van der Waals surface area contributed by atoms with Gasteiger partial charge in [0.05, 0.1) is 11.6 Å². The summed E-state index contributed by atoms with van der Waals surface area (Å²) in [6, 6.07) is 1.42. The molecule has 54 valence electrons. The standard InChI is InChI=1S/C6H6BrNO2/c1-10-5-3-8-6(9)2-4(5)7/h2-3H,1H3,(H,8,9). The van der Waals surface area contributed by atoms with E-state index in [2.05, 4.69) is 20.9 Å². The summed E-state index contributed by atoms with van der Waals surface area (Å²) in [4.78, 5) is 13.1. The Labute approximate surface area is 66.2 Å². The van der Waals surface area contributed by atoms with Crippen LogP contribution in [0, 0.1) is 0 Å². The molecule has 4 heteroatoms. The molecule has 0 aliphatic rings. The van der Waals surface area contributed by atoms with Crippen LogP contribution in [-0.2, 0) is 0 Å². The van der Waals surface area contributed by atoms with Crippen LogP contribution in [0.5, 0.6) is 5.75 Å². The second kappa shape index (κ2) is 2.88. The molecule has 0 spiro atoms. The molecule has 3 nitrogen and oxygen atoms in total. The molecule has 0 radical (unpaired) electrons. The molecular weight excluding hydrogens is 198 g/mol. The van der Waals surface area contributed by atoms with Gasteiger partial charge in [-0.3, -0.25) is 4.79 Å². The molecule has 1 rings (SSSR count). The van der Waals surface area contributed by atoms with E-state index in [-0.39, 0.29) is 5.56 Å². The topological polar surface area (TPSA) is 42.1 Å². The molecular formula is C6H6BrNO2. The van der Waals surface area contributed by atoms with Crippen LogP contribution in [0.2, 0.25) is 0 Å². The van der Waals surface area contributed by atoms with Crippen molar-refractivity contribution < 1.29 is 4.74 Å². The van der Waals surface area contributed by atoms with Crippen LogP contribution < -0.4 is 10.3 Å². The Hall–Kier alpha value is -0.770. The highest BCUT2D eigenvalue weighted by atomic mass is 79.9. The predicted octanol–water partition coefficient (Wildman–Crippen LogP) is 1.15. The Morgan fingerprint density at radius 1 is 1.70 bits per heavy atom. The van der Waals surface area contributed by atoms with Gasteiger partial charge in [0.2, 0.25) is 5.56 Å². The van der Waals surface area contributed by atoms with Crippen LogP contribution >= 0.6 is 15.9 Å². The van der Waals surface area contributed by atoms with Gasteiger partial charge in [0.15, 0.2) is 0 Å². The highest BCUT2D eigenvalue weighted by Crippen LogP contribution is 2.19. The lowest BCUT2D eigenvalue weighted by Gasteiger charge is -1.98. The zero-order valence-corrected chi connectivity index (χ0v) is 6.94. The van der Waals surface area contributed by atoms with E-state index >= 15 is 0 Å². The first-order valence-corrected chi connectivity index (χ1v) is 3.45. The first-order chi connectivity index (χ1) is 4.74. The lowest BCUT2D eigenvalue weighted by molar-refractivity contribution is 0.410. The number of H-pyrrole nitrogens is 1. The minimum absolute atomic E-state index is 0.146. The van der Waals surface area contributed by atoms with E-state index in [9.17, 15) is 4.79 Å². The van der Waals surface area contributed by atoms with Crippen molar-refractivity contribution in [1.82, 2.24) is 4.98 Å². The Bertz CT molecular complexity index is 281. The van der Waals surface area contributed by atoms with Gasteiger partial charge in [-0.25, -0.2) is 0 Å². The minimum atomic E-state index is -0.146. The molecule has 0 atom stereocenters. The van der Waals surface area contributed by atoms with Crippen molar-refractivity contribution in [2.75, 3.05) is 7.11 Å². The second-order valence-electron chi connectivity index (χ2n) is 1.71. The molecule has 1 heterocycles. The summed E-state index contributed by atoms with van der Waals surface area (Å²) in [7, 11) is 1.54. The minimum Gasteiger partial charge on any atom is -0.494 e. The number of aromatic nitrogens is 1. The Morgan fingerprint density at radius 3 is 2.90 bits per heavy atom. The third-order valence-corrected chi connectivity index (χ3v) is 1.68. The largest absolute Gasteiger partial charge is 0.494 e. The number of rotatable bonds is 1. The summed E-state index contributed by atoms with van der Waals surface area (Å²) in [5, 5.41) is 0. The monoisotopic (exact) mass is 203 g/mol. The van der Waals surface area contributed by atoms with Crippen LogP contribution in [0.1, 0.15) is 0 Å². The quantitative estimate of drug-likeness (QED) is 0.745. The number of halogens is 1. The van der Waals surface area contributed by atoms with Crippen molar-refractivity contribution in [3.63, 3.8) is 0 Å². The third kappa shape index (κ3) is 1.39. The van der Waals surface area contributed by atoms with Crippen molar-refractivity contribution in [3.05, 3.63) is 27.1 Å². The summed E-state index contributed by atoms with van der Waals surface area (Å²) in [6.45, 7) is 0. The lowest BCUT2D eigenvalue weighted by atomic mass is 10.5. The molecule has 0 amide bonds. The molecule has 1 aromatic rings. The number of hydrogen-bond acceptors (Lipinski definition) is 2. The number of nitrogens with one attached hydrogen (secondary N) is 1. The molecule has 0 unspecified atom stereocenters. The number of ether oxygens (including phenoxy) is 1. The van der Waals surface area contributed by atoms with Gasteiger partial charge in [-0.15, -0.1) is 0 Å². The van der Waals surface area contributed by atoms with Crippen LogP contribution in [-0.4, -0.2) is 12.1 Å². The van der Waals surface area contributed by atoms with Crippen molar-refractivity contribution in [2.45, 2.75) is 0 Å². The molecule has 0 aliphatic heterocycles. The summed E-state index contributed by atoms with van der Waals surface area (Å²) < 4.78 is 5.55. The van der Waals surface area contributed by atoms with Gasteiger partial charge in [0, 0.05) is 12.3 Å². The number of methoxy groups -OCH3 is 1. The number of pyridine rings is 1. The summed E-state index contributed by atoms with van der Waals surface area (Å²) in [6.07, 6.45) is 1.51. The van der Waals surface area contributed by atoms with E-state index in [1.165, 1.54) is 12.3 Å². The smallest absolute Gasteiger partial charge is 0.249 e. The van der Waals surface area contributed by atoms with Crippen LogP contribution in [0.3, 0.4) is 0 Å². The van der Waals surface area contributed by atoms with Crippen molar-refractivity contribution in [3.8, 4) is 5.75 Å². The van der Waals surface area contributed by atoms with E-state index < -0.39 is 0 Å². The van der Waals surface area contributed by atoms with Gasteiger partial charge in [-0.2, -0.15) is 0 Å². The van der Waals surface area contributed by atoms with Gasteiger partial charge in [0.25, 0.3) is 0 Å². The van der Waals surface area contributed by atoms with Gasteiger partial charge < -0.3 is 9.72 Å². The average molecular weight is 204 g/mol. The first kappa shape index (κ1) is 7.34. The maximum absolute atomic E-state index is 10.6. The van der Waals surface area contributed by atoms with E-state index in [0.717, 1.165) is 0 Å². The summed E-state index contributed by atoms with van der Waals surface area (Å²) >= 11 is 3.16. The van der Waals surface area contributed by atoms with E-state index in [4.69, 9.17) is 4.74 Å². The molecule has 1 aromatic heterocycles. The SMILES string of the molecule is COc1c[nH]c(=O)cc1Br. The molecule has 0 aliphatic carbocycles.